The minimum absolute atomic E-state index is 0.838. The second-order valence-corrected chi connectivity index (χ2v) is 4.23. The van der Waals surface area contributed by atoms with Crippen LogP contribution in [0, 0.1) is 0 Å². The second-order valence-electron chi connectivity index (χ2n) is 4.23. The van der Waals surface area contributed by atoms with Gasteiger partial charge in [-0.1, -0.05) is 0 Å². The highest BCUT2D eigenvalue weighted by Gasteiger charge is 2.16. The van der Waals surface area contributed by atoms with Crippen LogP contribution in [-0.4, -0.2) is 25.3 Å². The van der Waals surface area contributed by atoms with E-state index in [1.54, 1.807) is 14.2 Å². The van der Waals surface area contributed by atoms with E-state index < -0.39 is 0 Å². The fourth-order valence-corrected chi connectivity index (χ4v) is 2.49. The van der Waals surface area contributed by atoms with Crippen LogP contribution in [0.25, 0.3) is 10.9 Å². The van der Waals surface area contributed by atoms with Crippen molar-refractivity contribution < 1.29 is 9.47 Å². The van der Waals surface area contributed by atoms with E-state index in [1.807, 2.05) is 6.07 Å². The van der Waals surface area contributed by atoms with Crippen molar-refractivity contribution >= 4 is 10.9 Å². The number of hydrogen-bond donors (Lipinski definition) is 1. The predicted octanol–water partition coefficient (Wildman–Crippen LogP) is 1.76. The van der Waals surface area contributed by atoms with Gasteiger partial charge in [0.25, 0.3) is 0 Å². The predicted molar refractivity (Wildman–Crippen MR) is 66.7 cm³/mol. The Bertz CT molecular complexity index is 560. The Morgan fingerprint density at radius 1 is 1.18 bits per heavy atom. The standard InChI is InChI=1S/C13H16N2O2/c1-16-11-6-9-5-10-8-14-3-4-15(10)13(9)12(7-11)17-2/h5-7,14H,3-4,8H2,1-2H3. The van der Waals surface area contributed by atoms with Crippen LogP contribution in [0.3, 0.4) is 0 Å². The number of hydrogen-bond acceptors (Lipinski definition) is 3. The molecule has 0 aliphatic carbocycles. The molecule has 1 aliphatic heterocycles. The van der Waals surface area contributed by atoms with E-state index in [4.69, 9.17) is 9.47 Å². The molecule has 0 fully saturated rings. The highest BCUT2D eigenvalue weighted by atomic mass is 16.5. The lowest BCUT2D eigenvalue weighted by Gasteiger charge is -2.18. The molecule has 2 heterocycles. The summed E-state index contributed by atoms with van der Waals surface area (Å²) in [5.41, 5.74) is 2.47. The van der Waals surface area contributed by atoms with Gasteiger partial charge in [-0.25, -0.2) is 0 Å². The molecule has 0 atom stereocenters. The molecule has 0 unspecified atom stereocenters. The summed E-state index contributed by atoms with van der Waals surface area (Å²) < 4.78 is 13.1. The first-order valence-corrected chi connectivity index (χ1v) is 5.78. The van der Waals surface area contributed by atoms with Gasteiger partial charge in [-0.05, 0) is 12.1 Å². The molecule has 2 aromatic rings. The fourth-order valence-electron chi connectivity index (χ4n) is 2.49. The molecule has 0 bridgehead atoms. The maximum Gasteiger partial charge on any atom is 0.146 e. The number of benzene rings is 1. The number of aromatic nitrogens is 1. The van der Waals surface area contributed by atoms with Crippen LogP contribution < -0.4 is 14.8 Å². The van der Waals surface area contributed by atoms with Crippen LogP contribution in [0.1, 0.15) is 5.69 Å². The average Bonchev–Trinajstić information content (AvgIpc) is 2.75. The first-order valence-electron chi connectivity index (χ1n) is 5.78. The van der Waals surface area contributed by atoms with Crippen molar-refractivity contribution in [1.29, 1.82) is 0 Å². The summed E-state index contributed by atoms with van der Waals surface area (Å²) in [4.78, 5) is 0. The first-order chi connectivity index (χ1) is 8.33. The minimum Gasteiger partial charge on any atom is -0.497 e. The summed E-state index contributed by atoms with van der Waals surface area (Å²) in [6, 6.07) is 6.20. The van der Waals surface area contributed by atoms with Crippen molar-refractivity contribution in [3.05, 3.63) is 23.9 Å². The van der Waals surface area contributed by atoms with Gasteiger partial charge < -0.3 is 19.4 Å². The number of methoxy groups -OCH3 is 2. The summed E-state index contributed by atoms with van der Waals surface area (Å²) >= 11 is 0. The van der Waals surface area contributed by atoms with Gasteiger partial charge in [0, 0.05) is 36.8 Å². The van der Waals surface area contributed by atoms with Crippen LogP contribution in [0.4, 0.5) is 0 Å². The highest BCUT2D eigenvalue weighted by Crippen LogP contribution is 2.34. The van der Waals surface area contributed by atoms with Crippen molar-refractivity contribution in [2.45, 2.75) is 13.1 Å². The van der Waals surface area contributed by atoms with Gasteiger partial charge in [-0.15, -0.1) is 0 Å². The van der Waals surface area contributed by atoms with Gasteiger partial charge in [0.15, 0.2) is 0 Å². The summed E-state index contributed by atoms with van der Waals surface area (Å²) in [5.74, 6) is 1.72. The Balaban J connectivity index is 2.29. The third kappa shape index (κ3) is 1.56. The van der Waals surface area contributed by atoms with Crippen LogP contribution in [0.2, 0.25) is 0 Å². The molecule has 0 amide bonds. The number of nitrogens with one attached hydrogen (secondary N) is 1. The van der Waals surface area contributed by atoms with Crippen molar-refractivity contribution in [3.8, 4) is 11.5 Å². The molecule has 4 heteroatoms. The van der Waals surface area contributed by atoms with Gasteiger partial charge in [-0.2, -0.15) is 0 Å². The molecule has 0 saturated carbocycles. The molecule has 1 aliphatic rings. The van der Waals surface area contributed by atoms with E-state index in [9.17, 15) is 0 Å². The summed E-state index contributed by atoms with van der Waals surface area (Å²) in [7, 11) is 3.38. The Hall–Kier alpha value is -1.68. The largest absolute Gasteiger partial charge is 0.497 e. The van der Waals surface area contributed by atoms with E-state index in [0.29, 0.717) is 0 Å². The smallest absolute Gasteiger partial charge is 0.146 e. The molecule has 0 radical (unpaired) electrons. The quantitative estimate of drug-likeness (QED) is 0.857. The molecule has 1 aromatic carbocycles. The van der Waals surface area contributed by atoms with Crippen molar-refractivity contribution in [1.82, 2.24) is 9.88 Å². The maximum atomic E-state index is 5.47. The molecule has 0 saturated heterocycles. The maximum absolute atomic E-state index is 5.47. The highest BCUT2D eigenvalue weighted by molar-refractivity contribution is 5.88. The average molecular weight is 232 g/mol. The molecule has 3 rings (SSSR count). The number of nitrogens with zero attached hydrogens (tertiary/aromatic N) is 1. The van der Waals surface area contributed by atoms with E-state index in [1.165, 1.54) is 16.6 Å². The lowest BCUT2D eigenvalue weighted by Crippen LogP contribution is -2.27. The zero-order valence-electron chi connectivity index (χ0n) is 10.1. The monoisotopic (exact) mass is 232 g/mol. The molecule has 1 N–H and O–H groups in total. The Labute approximate surface area is 100 Å². The normalized spacial score (nSPS) is 14.7. The first kappa shape index (κ1) is 10.5. The third-order valence-electron chi connectivity index (χ3n) is 3.29. The summed E-state index contributed by atoms with van der Waals surface area (Å²) in [6.07, 6.45) is 0. The number of fused-ring (bicyclic) bond motifs is 3. The number of rotatable bonds is 2. The van der Waals surface area contributed by atoms with Crippen LogP contribution in [0.5, 0.6) is 11.5 Å². The van der Waals surface area contributed by atoms with Crippen LogP contribution in [-0.2, 0) is 13.1 Å². The molecular formula is C13H16N2O2. The molecule has 1 aromatic heterocycles. The Kier molecular flexibility index (Phi) is 2.44. The summed E-state index contributed by atoms with van der Waals surface area (Å²) in [5, 5.41) is 4.56. The minimum atomic E-state index is 0.838. The van der Waals surface area contributed by atoms with Crippen LogP contribution >= 0.6 is 0 Å². The van der Waals surface area contributed by atoms with E-state index in [0.717, 1.165) is 31.1 Å². The topological polar surface area (TPSA) is 35.4 Å². The fraction of sp³-hybridized carbons (Fsp3) is 0.385. The van der Waals surface area contributed by atoms with Gasteiger partial charge in [0.05, 0.1) is 19.7 Å². The SMILES string of the molecule is COc1cc(OC)c2c(c1)cc1n2CCNC1. The molecule has 0 spiro atoms. The van der Waals surface area contributed by atoms with Crippen molar-refractivity contribution in [2.24, 2.45) is 0 Å². The van der Waals surface area contributed by atoms with Gasteiger partial charge >= 0.3 is 0 Å². The van der Waals surface area contributed by atoms with Crippen LogP contribution in [0.15, 0.2) is 18.2 Å². The molecule has 90 valence electrons. The van der Waals surface area contributed by atoms with Crippen molar-refractivity contribution in [2.75, 3.05) is 20.8 Å². The number of ether oxygens (including phenoxy) is 2. The Morgan fingerprint density at radius 3 is 2.82 bits per heavy atom. The lowest BCUT2D eigenvalue weighted by atomic mass is 10.2. The second kappa shape index (κ2) is 3.96. The van der Waals surface area contributed by atoms with E-state index in [2.05, 4.69) is 22.0 Å². The van der Waals surface area contributed by atoms with Gasteiger partial charge in [0.2, 0.25) is 0 Å². The molecular weight excluding hydrogens is 216 g/mol. The van der Waals surface area contributed by atoms with Gasteiger partial charge in [-0.3, -0.25) is 0 Å². The summed E-state index contributed by atoms with van der Waals surface area (Å²) in [6.45, 7) is 2.91. The lowest BCUT2D eigenvalue weighted by molar-refractivity contribution is 0.396. The van der Waals surface area contributed by atoms with E-state index in [-0.39, 0.29) is 0 Å². The third-order valence-corrected chi connectivity index (χ3v) is 3.29. The zero-order chi connectivity index (χ0) is 11.8. The Morgan fingerprint density at radius 2 is 2.06 bits per heavy atom. The molecule has 4 nitrogen and oxygen atoms in total. The zero-order valence-corrected chi connectivity index (χ0v) is 10.1. The van der Waals surface area contributed by atoms with Gasteiger partial charge in [0.1, 0.15) is 11.5 Å². The van der Waals surface area contributed by atoms with E-state index >= 15 is 0 Å². The van der Waals surface area contributed by atoms with Crippen molar-refractivity contribution in [3.63, 3.8) is 0 Å². The molecule has 17 heavy (non-hydrogen) atoms.